The molecule has 0 fully saturated rings. The predicted octanol–water partition coefficient (Wildman–Crippen LogP) is 24.9. The van der Waals surface area contributed by atoms with Crippen molar-refractivity contribution < 1.29 is 4.42 Å². The van der Waals surface area contributed by atoms with E-state index in [1.165, 1.54) is 55.2 Å². The highest BCUT2D eigenvalue weighted by atomic mass is 16.3. The average Bonchev–Trinajstić information content (AvgIpc) is 1.58. The molecule has 5 heteroatoms. The number of hydrogen-bond donors (Lipinski definition) is 0. The second kappa shape index (κ2) is 24.7. The molecule has 458 valence electrons. The van der Waals surface area contributed by atoms with Crippen LogP contribution in [0.5, 0.6) is 0 Å². The third-order valence-electron chi connectivity index (χ3n) is 19.0. The normalized spacial score (nSPS) is 11.5. The van der Waals surface area contributed by atoms with Crippen molar-refractivity contribution in [2.45, 2.75) is 0 Å². The lowest BCUT2D eigenvalue weighted by molar-refractivity contribution is 0.670. The van der Waals surface area contributed by atoms with Gasteiger partial charge in [-0.2, -0.15) is 0 Å². The van der Waals surface area contributed by atoms with Crippen LogP contribution in [0.2, 0.25) is 0 Å². The quantitative estimate of drug-likeness (QED) is 0.115. The van der Waals surface area contributed by atoms with Gasteiger partial charge in [0, 0.05) is 49.5 Å². The number of para-hydroxylation sites is 2. The molecule has 0 bridgehead atoms. The zero-order chi connectivity index (χ0) is 64.9. The molecule has 0 aliphatic carbocycles. The van der Waals surface area contributed by atoms with Gasteiger partial charge in [-0.05, 0) is 186 Å². The Bertz CT molecular complexity index is 6010. The summed E-state index contributed by atoms with van der Waals surface area (Å²) in [7, 11) is 0. The van der Waals surface area contributed by atoms with Gasteiger partial charge in [-0.1, -0.05) is 273 Å². The number of furan rings is 1. The van der Waals surface area contributed by atoms with Gasteiger partial charge in [0.25, 0.3) is 0 Å². The molecule has 0 amide bonds. The van der Waals surface area contributed by atoms with Gasteiger partial charge in [0.2, 0.25) is 0 Å². The fraction of sp³-hybridized carbons (Fsp3) is 0. The number of nitrogens with zero attached hydrogens (tertiary/aromatic N) is 4. The van der Waals surface area contributed by atoms with Crippen LogP contribution in [0.1, 0.15) is 0 Å². The van der Waals surface area contributed by atoms with E-state index in [0.717, 1.165) is 111 Å². The molecule has 0 saturated carbocycles. The van der Waals surface area contributed by atoms with E-state index in [2.05, 4.69) is 302 Å². The molecule has 98 heavy (non-hydrogen) atoms. The second-order valence-corrected chi connectivity index (χ2v) is 25.1. The Kier molecular flexibility index (Phi) is 14.5. The van der Waals surface area contributed by atoms with Gasteiger partial charge >= 0.3 is 0 Å². The van der Waals surface area contributed by atoms with Crippen LogP contribution >= 0.6 is 0 Å². The number of aromatic nitrogens is 4. The van der Waals surface area contributed by atoms with Crippen LogP contribution in [-0.2, 0) is 0 Å². The molecule has 3 aromatic heterocycles. The minimum atomic E-state index is 0.619. The summed E-state index contributed by atoms with van der Waals surface area (Å²) < 4.78 is 9.24. The molecule has 0 saturated heterocycles. The average molecular weight is 1250 g/mol. The molecule has 0 spiro atoms. The summed E-state index contributed by atoms with van der Waals surface area (Å²) in [6, 6.07) is 130. The van der Waals surface area contributed by atoms with Crippen molar-refractivity contribution in [2.24, 2.45) is 0 Å². The van der Waals surface area contributed by atoms with E-state index in [1.807, 2.05) is 66.7 Å². The number of hydrogen-bond acceptors (Lipinski definition) is 4. The first kappa shape index (κ1) is 57.6. The topological polar surface area (TPSA) is 56.7 Å². The Morgan fingerprint density at radius 3 is 1.05 bits per heavy atom. The Labute approximate surface area is 568 Å². The maximum absolute atomic E-state index is 6.82. The van der Waals surface area contributed by atoms with Crippen molar-refractivity contribution in [3.05, 3.63) is 364 Å². The SMILES string of the molecule is c1ccc(-c2cccc(-c3cccc(-c4ccc5c(c4)c4ccccc4n5-c4cccc(-c5cccc(-c6cccc(-c7cc(-c8cccc(-c9cccc(-c%10cccc(-c%11nc(-c%12ccccc%12)nc(-c%12ccccc%12)n%11)c%10)c9)c8)c8oc9ccccc9c8c7)c6)c5)c4)c3)c2)cc1. The molecule has 0 atom stereocenters. The van der Waals surface area contributed by atoms with E-state index < -0.39 is 0 Å². The van der Waals surface area contributed by atoms with Gasteiger partial charge in [-0.3, -0.25) is 0 Å². The number of fused-ring (bicyclic) bond motifs is 6. The van der Waals surface area contributed by atoms with Crippen LogP contribution in [0.4, 0.5) is 0 Å². The minimum Gasteiger partial charge on any atom is -0.455 e. The van der Waals surface area contributed by atoms with Crippen LogP contribution in [0.15, 0.2) is 368 Å². The maximum Gasteiger partial charge on any atom is 0.164 e. The first-order valence-corrected chi connectivity index (χ1v) is 33.3. The smallest absolute Gasteiger partial charge is 0.164 e. The molecular weight excluding hydrogens is 1190 g/mol. The van der Waals surface area contributed by atoms with Gasteiger partial charge in [0.15, 0.2) is 17.5 Å². The summed E-state index contributed by atoms with van der Waals surface area (Å²) in [5.41, 5.74) is 28.4. The van der Waals surface area contributed by atoms with E-state index >= 15 is 0 Å². The van der Waals surface area contributed by atoms with Gasteiger partial charge in [0.05, 0.1) is 11.0 Å². The van der Waals surface area contributed by atoms with Crippen molar-refractivity contribution in [3.8, 4) is 140 Å². The first-order chi connectivity index (χ1) is 48.5. The standard InChI is InChI=1S/C93H60N4O/c1-4-22-61(23-5-1)64-28-14-29-65(50-64)67-31-17-36-72(53-67)77-48-49-88-85(58-77)82-44-10-12-46-87(82)97(88)81-43-21-40-76(57-81)71-35-16-30-66(52-71)70-34-18-39-75(54-70)80-59-84(90-86(60-80)83-45-11-13-47-89(83)98-90)78-41-19-37-73(55-78)68-32-15-33-69(51-68)74-38-20-42-79(56-74)93-95-91(62-24-6-2-7-25-62)94-92(96-93)63-26-8-3-9-27-63/h1-60H. The van der Waals surface area contributed by atoms with E-state index in [9.17, 15) is 0 Å². The zero-order valence-corrected chi connectivity index (χ0v) is 53.3. The Morgan fingerprint density at radius 2 is 0.531 bits per heavy atom. The molecule has 5 nitrogen and oxygen atoms in total. The molecule has 3 heterocycles. The van der Waals surface area contributed by atoms with Crippen molar-refractivity contribution in [3.63, 3.8) is 0 Å². The van der Waals surface area contributed by atoms with Gasteiger partial charge in [0.1, 0.15) is 11.2 Å². The molecule has 0 aliphatic rings. The number of benzene rings is 15. The number of rotatable bonds is 13. The van der Waals surface area contributed by atoms with E-state index in [-0.39, 0.29) is 0 Å². The lowest BCUT2D eigenvalue weighted by atomic mass is 9.92. The molecule has 18 rings (SSSR count). The summed E-state index contributed by atoms with van der Waals surface area (Å²) >= 11 is 0. The Balaban J connectivity index is 0.651. The van der Waals surface area contributed by atoms with E-state index in [1.54, 1.807) is 0 Å². The van der Waals surface area contributed by atoms with Crippen LogP contribution in [0, 0.1) is 0 Å². The van der Waals surface area contributed by atoms with Crippen molar-refractivity contribution in [1.29, 1.82) is 0 Å². The van der Waals surface area contributed by atoms with Gasteiger partial charge in [-0.15, -0.1) is 0 Å². The van der Waals surface area contributed by atoms with Crippen LogP contribution in [0.25, 0.3) is 184 Å². The predicted molar refractivity (Wildman–Crippen MR) is 407 cm³/mol. The summed E-state index contributed by atoms with van der Waals surface area (Å²) in [5, 5.41) is 4.60. The molecule has 15 aromatic carbocycles. The highest BCUT2D eigenvalue weighted by Gasteiger charge is 2.20. The van der Waals surface area contributed by atoms with Crippen LogP contribution < -0.4 is 0 Å². The van der Waals surface area contributed by atoms with Crippen LogP contribution in [0.3, 0.4) is 0 Å². The molecule has 0 unspecified atom stereocenters. The molecule has 18 aromatic rings. The molecule has 0 aliphatic heterocycles. The largest absolute Gasteiger partial charge is 0.455 e. The summed E-state index contributed by atoms with van der Waals surface area (Å²) in [4.78, 5) is 15.0. The monoisotopic (exact) mass is 1250 g/mol. The fourth-order valence-electron chi connectivity index (χ4n) is 14.1. The summed E-state index contributed by atoms with van der Waals surface area (Å²) in [6.07, 6.45) is 0. The third-order valence-corrected chi connectivity index (χ3v) is 19.0. The fourth-order valence-corrected chi connectivity index (χ4v) is 14.1. The first-order valence-electron chi connectivity index (χ1n) is 33.3. The van der Waals surface area contributed by atoms with Crippen molar-refractivity contribution in [1.82, 2.24) is 19.5 Å². The Hall–Kier alpha value is -13.1. The van der Waals surface area contributed by atoms with Crippen molar-refractivity contribution in [2.75, 3.05) is 0 Å². The Morgan fingerprint density at radius 1 is 0.194 bits per heavy atom. The lowest BCUT2D eigenvalue weighted by Crippen LogP contribution is -2.00. The highest BCUT2D eigenvalue weighted by Crippen LogP contribution is 2.43. The molecule has 0 radical (unpaired) electrons. The maximum atomic E-state index is 6.82. The summed E-state index contributed by atoms with van der Waals surface area (Å²) in [5.74, 6) is 1.88. The highest BCUT2D eigenvalue weighted by molar-refractivity contribution is 6.12. The summed E-state index contributed by atoms with van der Waals surface area (Å²) in [6.45, 7) is 0. The van der Waals surface area contributed by atoms with Crippen LogP contribution in [-0.4, -0.2) is 19.5 Å². The zero-order valence-electron chi connectivity index (χ0n) is 53.3. The molecular formula is C93H60N4O. The van der Waals surface area contributed by atoms with Crippen molar-refractivity contribution >= 4 is 43.7 Å². The minimum absolute atomic E-state index is 0.619. The second-order valence-electron chi connectivity index (χ2n) is 25.1. The van der Waals surface area contributed by atoms with E-state index in [4.69, 9.17) is 19.4 Å². The lowest BCUT2D eigenvalue weighted by Gasteiger charge is -2.13. The van der Waals surface area contributed by atoms with E-state index in [0.29, 0.717) is 17.5 Å². The van der Waals surface area contributed by atoms with Gasteiger partial charge < -0.3 is 8.98 Å². The third kappa shape index (κ3) is 10.9. The van der Waals surface area contributed by atoms with Gasteiger partial charge in [-0.25, -0.2) is 15.0 Å². The molecule has 0 N–H and O–H groups in total.